The van der Waals surface area contributed by atoms with Crippen LogP contribution in [0.1, 0.15) is 29.0 Å². The summed E-state index contributed by atoms with van der Waals surface area (Å²) in [5.74, 6) is 1.42. The Balaban J connectivity index is 1.26. The molecule has 5 nitrogen and oxygen atoms in total. The van der Waals surface area contributed by atoms with Crippen molar-refractivity contribution in [1.29, 1.82) is 0 Å². The minimum absolute atomic E-state index is 0.130. The number of carbonyl (C=O) groups is 1. The number of amides is 1. The number of thiophene rings is 1. The fourth-order valence-corrected chi connectivity index (χ4v) is 5.30. The molecule has 0 radical (unpaired) electrons. The quantitative estimate of drug-likeness (QED) is 0.666. The molecule has 3 aromatic rings. The second-order valence-corrected chi connectivity index (χ2v) is 8.76. The van der Waals surface area contributed by atoms with E-state index in [4.69, 9.17) is 9.97 Å². The number of anilines is 1. The van der Waals surface area contributed by atoms with Gasteiger partial charge < -0.3 is 9.80 Å². The average Bonchev–Trinajstić information content (AvgIpc) is 3.21. The first kappa shape index (κ1) is 17.6. The monoisotopic (exact) mass is 392 g/mol. The molecule has 0 saturated carbocycles. The molecule has 0 unspecified atom stereocenters. The van der Waals surface area contributed by atoms with Crippen LogP contribution in [0, 0.1) is 12.8 Å². The summed E-state index contributed by atoms with van der Waals surface area (Å²) in [6.45, 7) is 5.40. The van der Waals surface area contributed by atoms with Crippen molar-refractivity contribution in [2.75, 3.05) is 24.5 Å². The number of hydrogen-bond acceptors (Lipinski definition) is 5. The standard InChI is InChI=1S/C22H24N4OS/c1-15-21(24-19-5-3-2-4-18(19)23-15)25-10-6-16(7-11-25)22(27)26-12-8-20-17(14-26)9-13-28-20/h2-5,9,13,16H,6-8,10-12,14H2,1H3. The molecule has 0 N–H and O–H groups in total. The summed E-state index contributed by atoms with van der Waals surface area (Å²) in [7, 11) is 0. The molecule has 6 heteroatoms. The lowest BCUT2D eigenvalue weighted by Crippen LogP contribution is -2.44. The smallest absolute Gasteiger partial charge is 0.226 e. The highest BCUT2D eigenvalue weighted by molar-refractivity contribution is 7.10. The van der Waals surface area contributed by atoms with Crippen LogP contribution in [0.2, 0.25) is 0 Å². The Morgan fingerprint density at radius 2 is 1.82 bits per heavy atom. The predicted octanol–water partition coefficient (Wildman–Crippen LogP) is 3.80. The van der Waals surface area contributed by atoms with E-state index in [1.165, 1.54) is 10.4 Å². The van der Waals surface area contributed by atoms with Crippen LogP contribution in [-0.2, 0) is 17.8 Å². The van der Waals surface area contributed by atoms with Crippen LogP contribution in [0.15, 0.2) is 35.7 Å². The minimum Gasteiger partial charge on any atom is -0.355 e. The van der Waals surface area contributed by atoms with E-state index in [1.54, 1.807) is 0 Å². The topological polar surface area (TPSA) is 49.3 Å². The predicted molar refractivity (Wildman–Crippen MR) is 113 cm³/mol. The fourth-order valence-electron chi connectivity index (χ4n) is 4.41. The summed E-state index contributed by atoms with van der Waals surface area (Å²) in [5, 5.41) is 2.14. The Kier molecular flexibility index (Phi) is 4.51. The maximum absolute atomic E-state index is 13.1. The highest BCUT2D eigenvalue weighted by atomic mass is 32.1. The molecule has 1 saturated heterocycles. The summed E-state index contributed by atoms with van der Waals surface area (Å²) in [6, 6.07) is 10.2. The van der Waals surface area contributed by atoms with E-state index in [-0.39, 0.29) is 5.92 Å². The number of nitrogens with zero attached hydrogens (tertiary/aromatic N) is 4. The largest absolute Gasteiger partial charge is 0.355 e. The number of piperidine rings is 1. The third-order valence-electron chi connectivity index (χ3n) is 5.98. The molecule has 0 atom stereocenters. The molecule has 0 spiro atoms. The summed E-state index contributed by atoms with van der Waals surface area (Å²) >= 11 is 1.82. The van der Waals surface area contributed by atoms with E-state index >= 15 is 0 Å². The van der Waals surface area contributed by atoms with Crippen molar-refractivity contribution in [3.05, 3.63) is 51.8 Å². The maximum atomic E-state index is 13.1. The number of aryl methyl sites for hydroxylation is 1. The number of aromatic nitrogens is 2. The van der Waals surface area contributed by atoms with Gasteiger partial charge in [-0.2, -0.15) is 0 Å². The molecule has 4 heterocycles. The van der Waals surface area contributed by atoms with Crippen molar-refractivity contribution in [1.82, 2.24) is 14.9 Å². The van der Waals surface area contributed by atoms with Crippen LogP contribution in [0.5, 0.6) is 0 Å². The van der Waals surface area contributed by atoms with Gasteiger partial charge in [0.25, 0.3) is 0 Å². The van der Waals surface area contributed by atoms with Gasteiger partial charge in [-0.05, 0) is 55.3 Å². The number of benzene rings is 1. The molecule has 2 aliphatic heterocycles. The van der Waals surface area contributed by atoms with Gasteiger partial charge in [-0.25, -0.2) is 9.97 Å². The van der Waals surface area contributed by atoms with Crippen LogP contribution >= 0.6 is 11.3 Å². The maximum Gasteiger partial charge on any atom is 0.226 e. The van der Waals surface area contributed by atoms with E-state index in [2.05, 4.69) is 21.2 Å². The van der Waals surface area contributed by atoms with Gasteiger partial charge in [0.2, 0.25) is 5.91 Å². The van der Waals surface area contributed by atoms with Gasteiger partial charge in [-0.1, -0.05) is 12.1 Å². The summed E-state index contributed by atoms with van der Waals surface area (Å²) in [5.41, 5.74) is 4.17. The molecule has 2 aromatic heterocycles. The first-order valence-electron chi connectivity index (χ1n) is 10.0. The minimum atomic E-state index is 0.130. The van der Waals surface area contributed by atoms with E-state index in [9.17, 15) is 4.79 Å². The third-order valence-corrected chi connectivity index (χ3v) is 7.01. The van der Waals surface area contributed by atoms with Crippen molar-refractivity contribution < 1.29 is 4.79 Å². The zero-order valence-corrected chi connectivity index (χ0v) is 16.9. The van der Waals surface area contributed by atoms with Gasteiger partial charge in [0.05, 0.1) is 16.7 Å². The van der Waals surface area contributed by atoms with Crippen molar-refractivity contribution >= 4 is 34.1 Å². The Hall–Kier alpha value is -2.47. The SMILES string of the molecule is Cc1nc2ccccc2nc1N1CCC(C(=O)N2CCc3sccc3C2)CC1. The lowest BCUT2D eigenvalue weighted by Gasteiger charge is -2.36. The van der Waals surface area contributed by atoms with Crippen molar-refractivity contribution in [3.63, 3.8) is 0 Å². The molecule has 2 aliphatic rings. The number of carbonyl (C=O) groups excluding carboxylic acids is 1. The molecular weight excluding hydrogens is 368 g/mol. The number of rotatable bonds is 2. The van der Waals surface area contributed by atoms with Gasteiger partial charge in [0.15, 0.2) is 5.82 Å². The summed E-state index contributed by atoms with van der Waals surface area (Å²) in [4.78, 5) is 28.4. The van der Waals surface area contributed by atoms with Crippen LogP contribution in [-0.4, -0.2) is 40.4 Å². The van der Waals surface area contributed by atoms with Gasteiger partial charge >= 0.3 is 0 Å². The molecule has 1 fully saturated rings. The number of para-hydroxylation sites is 2. The van der Waals surface area contributed by atoms with Crippen LogP contribution in [0.3, 0.4) is 0 Å². The molecule has 0 bridgehead atoms. The summed E-state index contributed by atoms with van der Waals surface area (Å²) in [6.07, 6.45) is 2.78. The molecule has 5 rings (SSSR count). The van der Waals surface area contributed by atoms with Gasteiger partial charge in [-0.15, -0.1) is 11.3 Å². The molecular formula is C22H24N4OS. The number of hydrogen-bond donors (Lipinski definition) is 0. The van der Waals surface area contributed by atoms with E-state index in [0.29, 0.717) is 5.91 Å². The zero-order valence-electron chi connectivity index (χ0n) is 16.1. The van der Waals surface area contributed by atoms with E-state index in [1.807, 2.05) is 42.5 Å². The highest BCUT2D eigenvalue weighted by Gasteiger charge is 2.31. The van der Waals surface area contributed by atoms with E-state index < -0.39 is 0 Å². The molecule has 1 amide bonds. The van der Waals surface area contributed by atoms with E-state index in [0.717, 1.165) is 68.0 Å². The van der Waals surface area contributed by atoms with Crippen LogP contribution in [0.25, 0.3) is 11.0 Å². The van der Waals surface area contributed by atoms with Gasteiger partial charge in [0.1, 0.15) is 0 Å². The van der Waals surface area contributed by atoms with Gasteiger partial charge in [0, 0.05) is 37.0 Å². The van der Waals surface area contributed by atoms with Crippen molar-refractivity contribution in [2.24, 2.45) is 5.92 Å². The zero-order chi connectivity index (χ0) is 19.1. The molecule has 28 heavy (non-hydrogen) atoms. The molecule has 144 valence electrons. The first-order chi connectivity index (χ1) is 13.7. The molecule has 0 aliphatic carbocycles. The first-order valence-corrected chi connectivity index (χ1v) is 10.9. The Morgan fingerprint density at radius 3 is 2.61 bits per heavy atom. The lowest BCUT2D eigenvalue weighted by atomic mass is 9.94. The van der Waals surface area contributed by atoms with Crippen LogP contribution in [0.4, 0.5) is 5.82 Å². The molecule has 1 aromatic carbocycles. The Morgan fingerprint density at radius 1 is 1.07 bits per heavy atom. The Bertz CT molecular complexity index is 1020. The highest BCUT2D eigenvalue weighted by Crippen LogP contribution is 2.29. The third kappa shape index (κ3) is 3.15. The Labute approximate surface area is 169 Å². The summed E-state index contributed by atoms with van der Waals surface area (Å²) < 4.78 is 0. The normalized spacial score (nSPS) is 17.8. The second kappa shape index (κ2) is 7.17. The fraction of sp³-hybridized carbons (Fsp3) is 0.409. The lowest BCUT2D eigenvalue weighted by molar-refractivity contribution is -0.137. The number of fused-ring (bicyclic) bond motifs is 2. The average molecular weight is 393 g/mol. The second-order valence-electron chi connectivity index (χ2n) is 7.76. The van der Waals surface area contributed by atoms with Crippen molar-refractivity contribution in [3.8, 4) is 0 Å². The van der Waals surface area contributed by atoms with Crippen molar-refractivity contribution in [2.45, 2.75) is 32.7 Å². The van der Waals surface area contributed by atoms with Gasteiger partial charge in [-0.3, -0.25) is 4.79 Å². The van der Waals surface area contributed by atoms with Crippen LogP contribution < -0.4 is 4.90 Å².